The Balaban J connectivity index is 1.78. The van der Waals surface area contributed by atoms with Gasteiger partial charge < -0.3 is 4.40 Å². The van der Waals surface area contributed by atoms with E-state index in [1.807, 2.05) is 0 Å². The first-order chi connectivity index (χ1) is 17.5. The molecule has 0 atom stereocenters. The van der Waals surface area contributed by atoms with Gasteiger partial charge in [-0.3, -0.25) is 0 Å². The maximum atomic E-state index is 2.69. The largest absolute Gasteiger partial charge is 0.307 e. The average Bonchev–Trinajstić information content (AvgIpc) is 3.54. The number of aromatic nitrogens is 2. The highest BCUT2D eigenvalue weighted by Gasteiger charge is 2.28. The van der Waals surface area contributed by atoms with E-state index in [9.17, 15) is 0 Å². The molecular formula is C34H31N2+. The molecule has 2 nitrogen and oxygen atoms in total. The van der Waals surface area contributed by atoms with Crippen LogP contribution in [0.4, 0.5) is 0 Å². The molecule has 0 N–H and O–H groups in total. The summed E-state index contributed by atoms with van der Waals surface area (Å²) < 4.78 is 5.04. The quantitative estimate of drug-likeness (QED) is 0.130. The van der Waals surface area contributed by atoms with Crippen LogP contribution < -0.4 is 4.57 Å². The Morgan fingerprint density at radius 1 is 0.722 bits per heavy atom. The van der Waals surface area contributed by atoms with Gasteiger partial charge in [-0.15, -0.1) is 0 Å². The number of aryl methyl sites for hydroxylation is 4. The summed E-state index contributed by atoms with van der Waals surface area (Å²) in [5, 5.41) is 9.67. The monoisotopic (exact) mass is 467 g/mol. The van der Waals surface area contributed by atoms with Crippen molar-refractivity contribution in [3.05, 3.63) is 83.0 Å². The molecule has 0 amide bonds. The number of hydrogen-bond acceptors (Lipinski definition) is 0. The van der Waals surface area contributed by atoms with E-state index in [2.05, 4.69) is 97.6 Å². The first-order valence-electron chi connectivity index (χ1n) is 13.5. The minimum atomic E-state index is 0.658. The van der Waals surface area contributed by atoms with Crippen LogP contribution >= 0.6 is 0 Å². The predicted octanol–water partition coefficient (Wildman–Crippen LogP) is 8.55. The number of rotatable bonds is 1. The molecule has 36 heavy (non-hydrogen) atoms. The summed E-state index contributed by atoms with van der Waals surface area (Å²) in [6.07, 6.45) is 7.56. The summed E-state index contributed by atoms with van der Waals surface area (Å²) in [5.74, 6) is 0.658. The fraction of sp³-hybridized carbons (Fsp3) is 0.265. The molecule has 0 aliphatic heterocycles. The molecule has 0 spiro atoms. The molecule has 1 saturated carbocycles. The molecule has 7 aromatic rings. The van der Waals surface area contributed by atoms with E-state index in [1.54, 1.807) is 5.56 Å². The Hall–Kier alpha value is -3.65. The molecule has 3 heterocycles. The molecule has 0 unspecified atom stereocenters. The van der Waals surface area contributed by atoms with Crippen LogP contribution in [0.5, 0.6) is 0 Å². The van der Waals surface area contributed by atoms with Crippen molar-refractivity contribution in [2.24, 2.45) is 7.05 Å². The van der Waals surface area contributed by atoms with Crippen molar-refractivity contribution >= 4 is 59.8 Å². The molecule has 176 valence electrons. The van der Waals surface area contributed by atoms with Gasteiger partial charge in [0.15, 0.2) is 6.20 Å². The topological polar surface area (TPSA) is 8.29 Å². The first kappa shape index (κ1) is 20.5. The van der Waals surface area contributed by atoms with E-state index in [0.29, 0.717) is 5.92 Å². The van der Waals surface area contributed by atoms with Crippen LogP contribution in [0.3, 0.4) is 0 Å². The maximum absolute atomic E-state index is 2.69. The second kappa shape index (κ2) is 6.97. The van der Waals surface area contributed by atoms with Crippen molar-refractivity contribution in [1.82, 2.24) is 4.40 Å². The van der Waals surface area contributed by atoms with Crippen LogP contribution in [-0.4, -0.2) is 4.40 Å². The van der Waals surface area contributed by atoms with Crippen molar-refractivity contribution in [3.8, 4) is 0 Å². The Morgan fingerprint density at radius 2 is 1.50 bits per heavy atom. The van der Waals surface area contributed by atoms with Crippen molar-refractivity contribution in [1.29, 1.82) is 0 Å². The van der Waals surface area contributed by atoms with Crippen molar-refractivity contribution in [2.45, 2.75) is 52.4 Å². The van der Waals surface area contributed by atoms with Crippen LogP contribution in [0.25, 0.3) is 59.8 Å². The lowest BCUT2D eigenvalue weighted by Crippen LogP contribution is -2.29. The van der Waals surface area contributed by atoms with Crippen LogP contribution in [0.15, 0.2) is 60.8 Å². The van der Waals surface area contributed by atoms with Crippen LogP contribution in [0, 0.1) is 20.8 Å². The van der Waals surface area contributed by atoms with Crippen LogP contribution in [0.1, 0.15) is 53.9 Å². The number of fused-ring (bicyclic) bond motifs is 7. The lowest BCUT2D eigenvalue weighted by Gasteiger charge is -2.19. The zero-order chi connectivity index (χ0) is 24.3. The summed E-state index contributed by atoms with van der Waals surface area (Å²) in [7, 11) is 2.22. The number of nitrogens with zero attached hydrogens (tertiary/aromatic N) is 2. The van der Waals surface area contributed by atoms with Gasteiger partial charge in [0.05, 0.1) is 27.3 Å². The fourth-order valence-electron chi connectivity index (χ4n) is 7.61. The summed E-state index contributed by atoms with van der Waals surface area (Å²) >= 11 is 0. The summed E-state index contributed by atoms with van der Waals surface area (Å²) in [5.41, 5.74) is 11.2. The second-order valence-electron chi connectivity index (χ2n) is 11.3. The molecule has 2 heteroatoms. The van der Waals surface area contributed by atoms with Crippen LogP contribution in [0.2, 0.25) is 0 Å². The molecule has 1 aliphatic carbocycles. The van der Waals surface area contributed by atoms with E-state index in [1.165, 1.54) is 102 Å². The summed E-state index contributed by atoms with van der Waals surface area (Å²) in [4.78, 5) is 0. The summed E-state index contributed by atoms with van der Waals surface area (Å²) in [6, 6.07) is 21.1. The van der Waals surface area contributed by atoms with Gasteiger partial charge in [-0.1, -0.05) is 66.9 Å². The molecule has 4 aromatic carbocycles. The normalized spacial score (nSPS) is 15.2. The standard InChI is InChI=1S/C34H31N2/c1-19-12-14-24-20(2)29-31(21(3)28(24)18-19)36-32-25(22-8-5-6-9-22)10-7-11-26(32)27-15-13-23-16-17-35(4)34(29)30(23)33(27)36/h7,10-18,22H,5-6,8-9H2,1-4H3/q+1. The highest BCUT2D eigenvalue weighted by Crippen LogP contribution is 2.46. The van der Waals surface area contributed by atoms with E-state index >= 15 is 0 Å². The van der Waals surface area contributed by atoms with E-state index in [-0.39, 0.29) is 0 Å². The molecule has 0 saturated heterocycles. The minimum Gasteiger partial charge on any atom is -0.307 e. The summed E-state index contributed by atoms with van der Waals surface area (Å²) in [6.45, 7) is 6.90. The highest BCUT2D eigenvalue weighted by molar-refractivity contribution is 6.29. The molecular weight excluding hydrogens is 436 g/mol. The number of benzene rings is 4. The lowest BCUT2D eigenvalue weighted by molar-refractivity contribution is -0.643. The fourth-order valence-corrected chi connectivity index (χ4v) is 7.61. The van der Waals surface area contributed by atoms with E-state index in [4.69, 9.17) is 0 Å². The molecule has 0 radical (unpaired) electrons. The van der Waals surface area contributed by atoms with Gasteiger partial charge in [0, 0.05) is 16.8 Å². The van der Waals surface area contributed by atoms with Gasteiger partial charge in [-0.2, -0.15) is 0 Å². The number of pyridine rings is 2. The van der Waals surface area contributed by atoms with Gasteiger partial charge >= 0.3 is 0 Å². The third-order valence-electron chi connectivity index (χ3n) is 9.29. The molecule has 3 aromatic heterocycles. The smallest absolute Gasteiger partial charge is 0.224 e. The van der Waals surface area contributed by atoms with Crippen molar-refractivity contribution < 1.29 is 4.57 Å². The molecule has 0 bridgehead atoms. The van der Waals surface area contributed by atoms with E-state index < -0.39 is 0 Å². The minimum absolute atomic E-state index is 0.658. The Bertz CT molecular complexity index is 2030. The van der Waals surface area contributed by atoms with Gasteiger partial charge in [0.1, 0.15) is 7.05 Å². The second-order valence-corrected chi connectivity index (χ2v) is 11.3. The SMILES string of the molecule is Cc1ccc2c(C)c3c(c(C)c2c1)n1c2c(C4CCCC4)cccc2c2ccc4cc[n+](C)c3c4c21. The third-order valence-corrected chi connectivity index (χ3v) is 9.29. The number of hydrogen-bond donors (Lipinski definition) is 0. The van der Waals surface area contributed by atoms with Gasteiger partial charge in [0.2, 0.25) is 5.52 Å². The zero-order valence-electron chi connectivity index (χ0n) is 21.6. The van der Waals surface area contributed by atoms with Gasteiger partial charge in [-0.25, -0.2) is 4.57 Å². The van der Waals surface area contributed by atoms with Crippen LogP contribution in [-0.2, 0) is 7.05 Å². The van der Waals surface area contributed by atoms with Crippen molar-refractivity contribution in [3.63, 3.8) is 0 Å². The molecule has 8 rings (SSSR count). The molecule has 1 aliphatic rings. The Kier molecular flexibility index (Phi) is 3.98. The maximum Gasteiger partial charge on any atom is 0.224 e. The average molecular weight is 468 g/mol. The highest BCUT2D eigenvalue weighted by atomic mass is 15.0. The molecule has 1 fully saturated rings. The lowest BCUT2D eigenvalue weighted by atomic mass is 9.92. The predicted molar refractivity (Wildman–Crippen MR) is 153 cm³/mol. The van der Waals surface area contributed by atoms with Gasteiger partial charge in [-0.05, 0) is 72.4 Å². The van der Waals surface area contributed by atoms with Gasteiger partial charge in [0.25, 0.3) is 0 Å². The van der Waals surface area contributed by atoms with E-state index in [0.717, 1.165) is 0 Å². The van der Waals surface area contributed by atoms with Crippen molar-refractivity contribution in [2.75, 3.05) is 0 Å². The Morgan fingerprint density at radius 3 is 2.33 bits per heavy atom. The zero-order valence-corrected chi connectivity index (χ0v) is 21.6. The third kappa shape index (κ3) is 2.40. The Labute approximate surface area is 211 Å². The number of para-hydroxylation sites is 1. The first-order valence-corrected chi connectivity index (χ1v) is 13.5.